The molecule has 0 atom stereocenters. The van der Waals surface area contributed by atoms with E-state index in [1.54, 1.807) is 19.0 Å². The van der Waals surface area contributed by atoms with Crippen LogP contribution < -0.4 is 4.90 Å². The second kappa shape index (κ2) is 7.96. The molecule has 0 amide bonds. The molecule has 0 bridgehead atoms. The third-order valence-corrected chi connectivity index (χ3v) is 4.76. The van der Waals surface area contributed by atoms with Crippen molar-refractivity contribution in [1.82, 2.24) is 4.98 Å². The van der Waals surface area contributed by atoms with Gasteiger partial charge in [-0.2, -0.15) is 0 Å². The standard InChI is InChI=1S/C19H17N3O4S/c1-21(2)17-9-8-15(22(24)25)10-16(17)19(23)26-11-14-12-27-18(20-14)13-6-4-3-5-7-13/h3-10,12H,11H2,1-2H3. The zero-order valence-electron chi connectivity index (χ0n) is 14.8. The molecule has 0 aliphatic heterocycles. The lowest BCUT2D eigenvalue weighted by molar-refractivity contribution is -0.384. The maximum absolute atomic E-state index is 12.5. The normalized spacial score (nSPS) is 10.4. The third kappa shape index (κ3) is 4.29. The van der Waals surface area contributed by atoms with Crippen molar-refractivity contribution in [2.45, 2.75) is 6.61 Å². The Morgan fingerprint density at radius 1 is 1.22 bits per heavy atom. The number of ether oxygens (including phenoxy) is 1. The van der Waals surface area contributed by atoms with Crippen molar-refractivity contribution in [2.24, 2.45) is 0 Å². The minimum absolute atomic E-state index is 0.00225. The van der Waals surface area contributed by atoms with Crippen molar-refractivity contribution in [1.29, 1.82) is 0 Å². The smallest absolute Gasteiger partial charge is 0.340 e. The zero-order chi connectivity index (χ0) is 19.4. The van der Waals surface area contributed by atoms with Gasteiger partial charge in [0.05, 0.1) is 21.9 Å². The third-order valence-electron chi connectivity index (χ3n) is 3.82. The van der Waals surface area contributed by atoms with Crippen molar-refractivity contribution < 1.29 is 14.5 Å². The molecule has 0 aliphatic rings. The monoisotopic (exact) mass is 383 g/mol. The van der Waals surface area contributed by atoms with Crippen molar-refractivity contribution in [3.05, 3.63) is 75.3 Å². The van der Waals surface area contributed by atoms with Crippen LogP contribution in [0.25, 0.3) is 10.6 Å². The molecule has 8 heteroatoms. The van der Waals surface area contributed by atoms with Gasteiger partial charge in [0, 0.05) is 37.2 Å². The van der Waals surface area contributed by atoms with E-state index in [4.69, 9.17) is 4.74 Å². The second-order valence-electron chi connectivity index (χ2n) is 5.94. The first-order chi connectivity index (χ1) is 13.0. The van der Waals surface area contributed by atoms with Gasteiger partial charge in [0.2, 0.25) is 0 Å². The number of thiazole rings is 1. The van der Waals surface area contributed by atoms with Gasteiger partial charge in [-0.15, -0.1) is 11.3 Å². The van der Waals surface area contributed by atoms with E-state index in [9.17, 15) is 14.9 Å². The van der Waals surface area contributed by atoms with Crippen LogP contribution in [0.1, 0.15) is 16.1 Å². The highest BCUT2D eigenvalue weighted by Crippen LogP contribution is 2.26. The Labute approximate surface area is 160 Å². The molecular weight excluding hydrogens is 366 g/mol. The first-order valence-electron chi connectivity index (χ1n) is 8.08. The number of nitro groups is 1. The largest absolute Gasteiger partial charge is 0.455 e. The van der Waals surface area contributed by atoms with Crippen LogP contribution in [0.2, 0.25) is 0 Å². The van der Waals surface area contributed by atoms with Gasteiger partial charge in [-0.1, -0.05) is 30.3 Å². The Morgan fingerprint density at radius 3 is 2.63 bits per heavy atom. The van der Waals surface area contributed by atoms with E-state index in [1.165, 1.54) is 29.5 Å². The molecule has 0 saturated carbocycles. The van der Waals surface area contributed by atoms with E-state index < -0.39 is 10.9 Å². The highest BCUT2D eigenvalue weighted by molar-refractivity contribution is 7.13. The molecule has 0 unspecified atom stereocenters. The molecule has 138 valence electrons. The first-order valence-corrected chi connectivity index (χ1v) is 8.96. The van der Waals surface area contributed by atoms with Gasteiger partial charge in [0.15, 0.2) is 0 Å². The number of aromatic nitrogens is 1. The summed E-state index contributed by atoms with van der Waals surface area (Å²) in [5.41, 5.74) is 2.16. The summed E-state index contributed by atoms with van der Waals surface area (Å²) in [4.78, 5) is 29.1. The number of hydrogen-bond donors (Lipinski definition) is 0. The molecule has 0 fully saturated rings. The number of non-ortho nitro benzene ring substituents is 1. The summed E-state index contributed by atoms with van der Waals surface area (Å²) in [7, 11) is 3.51. The van der Waals surface area contributed by atoms with E-state index in [0.717, 1.165) is 10.6 Å². The topological polar surface area (TPSA) is 85.6 Å². The van der Waals surface area contributed by atoms with Gasteiger partial charge in [0.1, 0.15) is 11.6 Å². The molecule has 0 N–H and O–H groups in total. The van der Waals surface area contributed by atoms with Gasteiger partial charge >= 0.3 is 5.97 Å². The number of anilines is 1. The predicted octanol–water partition coefficient (Wildman–Crippen LogP) is 4.14. The van der Waals surface area contributed by atoms with E-state index in [2.05, 4.69) is 4.98 Å². The van der Waals surface area contributed by atoms with E-state index in [1.807, 2.05) is 35.7 Å². The van der Waals surface area contributed by atoms with Crippen LogP contribution in [0, 0.1) is 10.1 Å². The molecule has 0 spiro atoms. The zero-order valence-corrected chi connectivity index (χ0v) is 15.6. The molecule has 3 rings (SSSR count). The molecule has 0 aliphatic carbocycles. The quantitative estimate of drug-likeness (QED) is 0.361. The summed E-state index contributed by atoms with van der Waals surface area (Å²) < 4.78 is 5.34. The molecule has 7 nitrogen and oxygen atoms in total. The summed E-state index contributed by atoms with van der Waals surface area (Å²) in [5, 5.41) is 13.7. The van der Waals surface area contributed by atoms with Crippen LogP contribution in [0.4, 0.5) is 11.4 Å². The molecule has 1 heterocycles. The van der Waals surface area contributed by atoms with Crippen molar-refractivity contribution in [2.75, 3.05) is 19.0 Å². The fourth-order valence-electron chi connectivity index (χ4n) is 2.49. The number of hydrogen-bond acceptors (Lipinski definition) is 7. The van der Waals surface area contributed by atoms with Crippen LogP contribution in [0.3, 0.4) is 0 Å². The Balaban J connectivity index is 1.75. The number of nitrogens with zero attached hydrogens (tertiary/aromatic N) is 3. The van der Waals surface area contributed by atoms with Gasteiger partial charge < -0.3 is 9.64 Å². The summed E-state index contributed by atoms with van der Waals surface area (Å²) in [5.74, 6) is -0.628. The number of rotatable bonds is 6. The summed E-state index contributed by atoms with van der Waals surface area (Å²) >= 11 is 1.46. The van der Waals surface area contributed by atoms with Crippen LogP contribution >= 0.6 is 11.3 Å². The molecule has 27 heavy (non-hydrogen) atoms. The lowest BCUT2D eigenvalue weighted by atomic mass is 10.1. The lowest BCUT2D eigenvalue weighted by Crippen LogP contribution is -2.16. The van der Waals surface area contributed by atoms with Gasteiger partial charge in [0.25, 0.3) is 5.69 Å². The van der Waals surface area contributed by atoms with E-state index >= 15 is 0 Å². The molecular formula is C19H17N3O4S. The highest BCUT2D eigenvalue weighted by Gasteiger charge is 2.19. The average Bonchev–Trinajstić information content (AvgIpc) is 3.15. The van der Waals surface area contributed by atoms with Crippen LogP contribution in [0.5, 0.6) is 0 Å². The molecule has 1 aromatic heterocycles. The maximum atomic E-state index is 12.5. The molecule has 0 saturated heterocycles. The van der Waals surface area contributed by atoms with Crippen molar-refractivity contribution >= 4 is 28.7 Å². The second-order valence-corrected chi connectivity index (χ2v) is 6.80. The molecule has 0 radical (unpaired) electrons. The number of nitro benzene ring substituents is 1. The average molecular weight is 383 g/mol. The fourth-order valence-corrected chi connectivity index (χ4v) is 3.31. The Morgan fingerprint density at radius 2 is 1.96 bits per heavy atom. The Kier molecular flexibility index (Phi) is 5.46. The fraction of sp³-hybridized carbons (Fsp3) is 0.158. The number of benzene rings is 2. The van der Waals surface area contributed by atoms with Crippen molar-refractivity contribution in [3.63, 3.8) is 0 Å². The van der Waals surface area contributed by atoms with E-state index in [-0.39, 0.29) is 17.9 Å². The minimum atomic E-state index is -0.628. The number of carbonyl (C=O) groups is 1. The number of esters is 1. The van der Waals surface area contributed by atoms with Crippen LogP contribution in [0.15, 0.2) is 53.9 Å². The SMILES string of the molecule is CN(C)c1ccc([N+](=O)[O-])cc1C(=O)OCc1csc(-c2ccccc2)n1. The van der Waals surface area contributed by atoms with Crippen LogP contribution in [-0.2, 0) is 11.3 Å². The Hall–Kier alpha value is -3.26. The molecule has 2 aromatic carbocycles. The lowest BCUT2D eigenvalue weighted by Gasteiger charge is -2.16. The minimum Gasteiger partial charge on any atom is -0.455 e. The van der Waals surface area contributed by atoms with Gasteiger partial charge in [-0.25, -0.2) is 9.78 Å². The summed E-state index contributed by atoms with van der Waals surface area (Å²) in [6.07, 6.45) is 0. The first kappa shape index (κ1) is 18.5. The van der Waals surface area contributed by atoms with Gasteiger partial charge in [-0.3, -0.25) is 10.1 Å². The summed E-state index contributed by atoms with van der Waals surface area (Å²) in [6.45, 7) is -0.00225. The Bertz CT molecular complexity index is 970. The van der Waals surface area contributed by atoms with E-state index in [0.29, 0.717) is 11.4 Å². The molecule has 3 aromatic rings. The predicted molar refractivity (Wildman–Crippen MR) is 104 cm³/mol. The van der Waals surface area contributed by atoms with Crippen molar-refractivity contribution in [3.8, 4) is 10.6 Å². The summed E-state index contributed by atoms with van der Waals surface area (Å²) in [6, 6.07) is 13.8. The van der Waals surface area contributed by atoms with Crippen LogP contribution in [-0.4, -0.2) is 30.0 Å². The number of carbonyl (C=O) groups excluding carboxylic acids is 1. The van der Waals surface area contributed by atoms with Gasteiger partial charge in [-0.05, 0) is 6.07 Å². The highest BCUT2D eigenvalue weighted by atomic mass is 32.1. The maximum Gasteiger partial charge on any atom is 0.340 e.